The zero-order valence-corrected chi connectivity index (χ0v) is 20.5. The van der Waals surface area contributed by atoms with Crippen LogP contribution in [-0.2, 0) is 16.9 Å². The second-order valence-corrected chi connectivity index (χ2v) is 10.6. The summed E-state index contributed by atoms with van der Waals surface area (Å²) in [4.78, 5) is 25.9. The van der Waals surface area contributed by atoms with Gasteiger partial charge in [0, 0.05) is 19.4 Å². The maximum absolute atomic E-state index is 13.4. The third-order valence-corrected chi connectivity index (χ3v) is 6.47. The number of aromatic nitrogens is 2. The summed E-state index contributed by atoms with van der Waals surface area (Å²) in [6, 6.07) is 20.2. The molecule has 0 saturated carbocycles. The highest BCUT2D eigenvalue weighted by molar-refractivity contribution is 6.01. The molecule has 0 fully saturated rings. The summed E-state index contributed by atoms with van der Waals surface area (Å²) in [6.07, 6.45) is 3.08. The van der Waals surface area contributed by atoms with Crippen LogP contribution in [0.15, 0.2) is 66.9 Å². The molecule has 2 heterocycles. The van der Waals surface area contributed by atoms with Crippen molar-refractivity contribution < 1.29 is 9.59 Å². The van der Waals surface area contributed by atoms with Crippen molar-refractivity contribution in [1.29, 1.82) is 0 Å². The Labute approximate surface area is 201 Å². The van der Waals surface area contributed by atoms with Crippen molar-refractivity contribution in [1.82, 2.24) is 15.1 Å². The van der Waals surface area contributed by atoms with E-state index in [-0.39, 0.29) is 36.1 Å². The lowest BCUT2D eigenvalue weighted by Crippen LogP contribution is -2.38. The molecular formula is C28H34N4O2. The van der Waals surface area contributed by atoms with Crippen LogP contribution in [0.3, 0.4) is 0 Å². The van der Waals surface area contributed by atoms with Crippen LogP contribution in [0, 0.1) is 5.41 Å². The van der Waals surface area contributed by atoms with Gasteiger partial charge in [-0.05, 0) is 36.8 Å². The number of anilines is 1. The summed E-state index contributed by atoms with van der Waals surface area (Å²) >= 11 is 0. The lowest BCUT2D eigenvalue weighted by molar-refractivity contribution is -0.123. The van der Waals surface area contributed by atoms with E-state index in [4.69, 9.17) is 0 Å². The monoisotopic (exact) mass is 458 g/mol. The molecule has 178 valence electrons. The molecule has 0 saturated heterocycles. The number of amides is 1. The van der Waals surface area contributed by atoms with Gasteiger partial charge in [0.15, 0.2) is 5.78 Å². The molecule has 6 heteroatoms. The summed E-state index contributed by atoms with van der Waals surface area (Å²) in [5, 5.41) is 11.1. The van der Waals surface area contributed by atoms with E-state index in [2.05, 4.69) is 41.7 Å². The quantitative estimate of drug-likeness (QED) is 0.438. The minimum absolute atomic E-state index is 0.000814. The Hall–Kier alpha value is -3.41. The Kier molecular flexibility index (Phi) is 6.60. The fourth-order valence-corrected chi connectivity index (χ4v) is 4.72. The first-order valence-corrected chi connectivity index (χ1v) is 11.9. The van der Waals surface area contributed by atoms with Crippen LogP contribution in [0.4, 0.5) is 5.82 Å². The zero-order chi connectivity index (χ0) is 24.3. The third kappa shape index (κ3) is 5.38. The number of hydrogen-bond acceptors (Lipinski definition) is 4. The minimum atomic E-state index is -0.476. The van der Waals surface area contributed by atoms with E-state index in [1.165, 1.54) is 5.56 Å². The van der Waals surface area contributed by atoms with Crippen LogP contribution in [-0.4, -0.2) is 21.5 Å². The van der Waals surface area contributed by atoms with E-state index in [0.29, 0.717) is 12.1 Å². The average molecular weight is 459 g/mol. The van der Waals surface area contributed by atoms with Gasteiger partial charge < -0.3 is 10.6 Å². The average Bonchev–Trinajstić information content (AvgIpc) is 3.23. The van der Waals surface area contributed by atoms with Gasteiger partial charge in [0.1, 0.15) is 5.82 Å². The molecule has 1 unspecified atom stereocenters. The number of nitrogens with one attached hydrogen (secondary N) is 2. The van der Waals surface area contributed by atoms with Gasteiger partial charge in [-0.2, -0.15) is 5.10 Å². The lowest BCUT2D eigenvalue weighted by atomic mass is 9.82. The number of carbonyl (C=O) groups excluding carboxylic acids is 2. The van der Waals surface area contributed by atoms with Crippen LogP contribution >= 0.6 is 0 Å². The summed E-state index contributed by atoms with van der Waals surface area (Å²) in [7, 11) is 0. The van der Waals surface area contributed by atoms with Crippen LogP contribution in [0.2, 0.25) is 0 Å². The maximum atomic E-state index is 13.4. The molecular weight excluding hydrogens is 424 g/mol. The largest absolute Gasteiger partial charge is 0.363 e. The van der Waals surface area contributed by atoms with Crippen molar-refractivity contribution in [2.24, 2.45) is 5.41 Å². The highest BCUT2D eigenvalue weighted by atomic mass is 16.1. The SMILES string of the molecule is CC(C)(CC(=O)NCc1ccccc1)CC(=O)c1cnn2c1NC(c1ccccc1)CC2(C)C. The predicted molar refractivity (Wildman–Crippen MR) is 135 cm³/mol. The van der Waals surface area contributed by atoms with E-state index < -0.39 is 5.41 Å². The molecule has 2 aromatic carbocycles. The molecule has 0 bridgehead atoms. The van der Waals surface area contributed by atoms with Gasteiger partial charge in [-0.15, -0.1) is 0 Å². The molecule has 3 aromatic rings. The highest BCUT2D eigenvalue weighted by Gasteiger charge is 2.37. The molecule has 2 N–H and O–H groups in total. The standard InChI is InChI=1S/C28H34N4O2/c1-27(2,17-25(34)29-18-20-11-7-5-8-12-20)16-24(33)22-19-30-32-26(22)31-23(15-28(32,3)4)21-13-9-6-10-14-21/h5-14,19,23,31H,15-18H2,1-4H3,(H,29,34). The molecule has 1 aliphatic heterocycles. The number of ketones is 1. The Morgan fingerprint density at radius 1 is 1.06 bits per heavy atom. The molecule has 1 amide bonds. The summed E-state index contributed by atoms with van der Waals surface area (Å²) in [5.74, 6) is 0.709. The fraction of sp³-hybridized carbons (Fsp3) is 0.393. The molecule has 34 heavy (non-hydrogen) atoms. The lowest BCUT2D eigenvalue weighted by Gasteiger charge is -2.38. The number of nitrogens with zero attached hydrogens (tertiary/aromatic N) is 2. The van der Waals surface area contributed by atoms with Crippen molar-refractivity contribution >= 4 is 17.5 Å². The molecule has 0 radical (unpaired) electrons. The van der Waals surface area contributed by atoms with Crippen molar-refractivity contribution in [3.8, 4) is 0 Å². The number of rotatable bonds is 8. The van der Waals surface area contributed by atoms with Gasteiger partial charge in [0.2, 0.25) is 5.91 Å². The summed E-state index contributed by atoms with van der Waals surface area (Å²) < 4.78 is 1.93. The Bertz CT molecular complexity index is 1150. The first kappa shape index (κ1) is 23.7. The van der Waals surface area contributed by atoms with Crippen molar-refractivity contribution in [2.75, 3.05) is 5.32 Å². The van der Waals surface area contributed by atoms with Crippen LogP contribution in [0.1, 0.15) is 74.5 Å². The number of hydrogen-bond donors (Lipinski definition) is 2. The third-order valence-electron chi connectivity index (χ3n) is 6.47. The van der Waals surface area contributed by atoms with E-state index >= 15 is 0 Å². The summed E-state index contributed by atoms with van der Waals surface area (Å²) in [5.41, 5.74) is 2.13. The number of Topliss-reactive ketones (excluding diaryl/α,β-unsaturated/α-hetero) is 1. The number of carbonyl (C=O) groups is 2. The number of benzene rings is 2. The van der Waals surface area contributed by atoms with E-state index in [1.54, 1.807) is 6.20 Å². The molecule has 0 spiro atoms. The van der Waals surface area contributed by atoms with Crippen molar-refractivity contribution in [2.45, 2.75) is 65.1 Å². The van der Waals surface area contributed by atoms with Crippen molar-refractivity contribution in [3.63, 3.8) is 0 Å². The molecule has 6 nitrogen and oxygen atoms in total. The van der Waals surface area contributed by atoms with Gasteiger partial charge >= 0.3 is 0 Å². The van der Waals surface area contributed by atoms with Crippen LogP contribution < -0.4 is 10.6 Å². The molecule has 1 aliphatic rings. The topological polar surface area (TPSA) is 76.0 Å². The number of fused-ring (bicyclic) bond motifs is 1. The highest BCUT2D eigenvalue weighted by Crippen LogP contribution is 2.40. The fourth-order valence-electron chi connectivity index (χ4n) is 4.72. The first-order valence-electron chi connectivity index (χ1n) is 11.9. The second kappa shape index (κ2) is 9.45. The second-order valence-electron chi connectivity index (χ2n) is 10.6. The molecule has 1 atom stereocenters. The Balaban J connectivity index is 1.44. The van der Waals surface area contributed by atoms with Gasteiger partial charge in [0.25, 0.3) is 0 Å². The normalized spacial score (nSPS) is 16.9. The zero-order valence-electron chi connectivity index (χ0n) is 20.5. The van der Waals surface area contributed by atoms with Crippen LogP contribution in [0.25, 0.3) is 0 Å². The first-order chi connectivity index (χ1) is 16.1. The van der Waals surface area contributed by atoms with Crippen LogP contribution in [0.5, 0.6) is 0 Å². The van der Waals surface area contributed by atoms with Gasteiger partial charge in [-0.1, -0.05) is 74.5 Å². The Morgan fingerprint density at radius 2 is 1.71 bits per heavy atom. The molecule has 4 rings (SSSR count). The maximum Gasteiger partial charge on any atom is 0.220 e. The summed E-state index contributed by atoms with van der Waals surface area (Å²) in [6.45, 7) is 8.71. The minimum Gasteiger partial charge on any atom is -0.363 e. The van der Waals surface area contributed by atoms with Gasteiger partial charge in [0.05, 0.1) is 23.3 Å². The van der Waals surface area contributed by atoms with E-state index in [9.17, 15) is 9.59 Å². The predicted octanol–water partition coefficient (Wildman–Crippen LogP) is 5.48. The smallest absolute Gasteiger partial charge is 0.220 e. The molecule has 0 aliphatic carbocycles. The molecule has 1 aromatic heterocycles. The Morgan fingerprint density at radius 3 is 2.38 bits per heavy atom. The van der Waals surface area contributed by atoms with Crippen molar-refractivity contribution in [3.05, 3.63) is 83.6 Å². The van der Waals surface area contributed by atoms with E-state index in [1.807, 2.05) is 67.1 Å². The van der Waals surface area contributed by atoms with E-state index in [0.717, 1.165) is 17.8 Å². The van der Waals surface area contributed by atoms with Gasteiger partial charge in [-0.25, -0.2) is 4.68 Å². The van der Waals surface area contributed by atoms with Gasteiger partial charge in [-0.3, -0.25) is 9.59 Å².